The number of aryl methyl sites for hydroxylation is 1. The highest BCUT2D eigenvalue weighted by molar-refractivity contribution is 7.89. The Bertz CT molecular complexity index is 807. The van der Waals surface area contributed by atoms with Gasteiger partial charge in [-0.1, -0.05) is 30.3 Å². The third-order valence-corrected chi connectivity index (χ3v) is 6.54. The number of nitrogen functional groups attached to an aromatic ring is 1. The van der Waals surface area contributed by atoms with E-state index in [9.17, 15) is 8.42 Å². The van der Waals surface area contributed by atoms with E-state index in [4.69, 9.17) is 10.5 Å². The van der Waals surface area contributed by atoms with Gasteiger partial charge in [0.05, 0.1) is 11.5 Å². The molecular weight excluding hydrogens is 336 g/mol. The Morgan fingerprint density at radius 3 is 2.32 bits per heavy atom. The van der Waals surface area contributed by atoms with E-state index in [2.05, 4.69) is 0 Å². The zero-order chi connectivity index (χ0) is 18.6. The van der Waals surface area contributed by atoms with Crippen LogP contribution >= 0.6 is 0 Å². The minimum Gasteiger partial charge on any atom is -0.398 e. The van der Waals surface area contributed by atoms with Gasteiger partial charge in [0.1, 0.15) is 0 Å². The van der Waals surface area contributed by atoms with E-state index in [0.717, 1.165) is 16.7 Å². The number of nitrogens with zero attached hydrogens (tertiary/aromatic N) is 1. The Morgan fingerprint density at radius 2 is 1.72 bits per heavy atom. The van der Waals surface area contributed by atoms with Gasteiger partial charge in [0.25, 0.3) is 0 Å². The van der Waals surface area contributed by atoms with Crippen molar-refractivity contribution in [1.82, 2.24) is 4.31 Å². The number of rotatable bonds is 7. The highest BCUT2D eigenvalue weighted by Crippen LogP contribution is 2.30. The molecule has 0 unspecified atom stereocenters. The lowest BCUT2D eigenvalue weighted by Crippen LogP contribution is -2.34. The normalized spacial score (nSPS) is 11.9. The number of ether oxygens (including phenoxy) is 1. The Morgan fingerprint density at radius 1 is 1.08 bits per heavy atom. The molecule has 2 aromatic carbocycles. The molecule has 5 nitrogen and oxygen atoms in total. The van der Waals surface area contributed by atoms with Crippen molar-refractivity contribution < 1.29 is 13.2 Å². The molecule has 0 aliphatic heterocycles. The van der Waals surface area contributed by atoms with Crippen LogP contribution in [-0.2, 0) is 21.3 Å². The van der Waals surface area contributed by atoms with Crippen LogP contribution in [0.5, 0.6) is 0 Å². The summed E-state index contributed by atoms with van der Waals surface area (Å²) in [7, 11) is -2.14. The fourth-order valence-electron chi connectivity index (χ4n) is 2.82. The largest absolute Gasteiger partial charge is 0.398 e. The van der Waals surface area contributed by atoms with Gasteiger partial charge < -0.3 is 10.5 Å². The maximum atomic E-state index is 13.4. The van der Waals surface area contributed by atoms with Gasteiger partial charge in [-0.25, -0.2) is 8.42 Å². The summed E-state index contributed by atoms with van der Waals surface area (Å²) < 4.78 is 33.4. The second-order valence-corrected chi connectivity index (χ2v) is 8.05. The number of hydrogen-bond acceptors (Lipinski definition) is 4. The lowest BCUT2D eigenvalue weighted by atomic mass is 10.1. The van der Waals surface area contributed by atoms with Crippen LogP contribution in [0.1, 0.15) is 22.3 Å². The molecule has 136 valence electrons. The molecule has 2 aromatic rings. The molecule has 0 saturated carbocycles. The molecule has 6 heteroatoms. The molecule has 0 radical (unpaired) electrons. The summed E-state index contributed by atoms with van der Waals surface area (Å²) in [6.07, 6.45) is 0. The molecule has 0 amide bonds. The fourth-order valence-corrected chi connectivity index (χ4v) is 4.77. The average Bonchev–Trinajstić information content (AvgIpc) is 2.57. The zero-order valence-corrected chi connectivity index (χ0v) is 16.1. The first-order chi connectivity index (χ1) is 11.8. The second-order valence-electron chi connectivity index (χ2n) is 6.18. The molecule has 0 spiro atoms. The summed E-state index contributed by atoms with van der Waals surface area (Å²) in [6.45, 7) is 6.35. The Hall–Kier alpha value is -1.89. The number of sulfonamides is 1. The maximum Gasteiger partial charge on any atom is 0.244 e. The first-order valence-electron chi connectivity index (χ1n) is 8.18. The van der Waals surface area contributed by atoms with E-state index < -0.39 is 10.0 Å². The monoisotopic (exact) mass is 362 g/mol. The molecule has 2 N–H and O–H groups in total. The maximum absolute atomic E-state index is 13.4. The van der Waals surface area contributed by atoms with E-state index in [-0.39, 0.29) is 6.54 Å². The molecule has 0 aliphatic carbocycles. The molecule has 0 fully saturated rings. The third kappa shape index (κ3) is 4.21. The summed E-state index contributed by atoms with van der Waals surface area (Å²) >= 11 is 0. The highest BCUT2D eigenvalue weighted by atomic mass is 32.2. The molecule has 0 bridgehead atoms. The number of benzene rings is 2. The van der Waals surface area contributed by atoms with Gasteiger partial charge in [0.15, 0.2) is 0 Å². The van der Waals surface area contributed by atoms with Crippen LogP contribution in [0.15, 0.2) is 41.3 Å². The van der Waals surface area contributed by atoms with E-state index in [1.807, 2.05) is 50.2 Å². The number of methoxy groups -OCH3 is 1. The van der Waals surface area contributed by atoms with Crippen LogP contribution in [0.3, 0.4) is 0 Å². The number of anilines is 1. The molecule has 2 rings (SSSR count). The summed E-state index contributed by atoms with van der Waals surface area (Å²) in [4.78, 5) is 0.303. The smallest absolute Gasteiger partial charge is 0.244 e. The van der Waals surface area contributed by atoms with Gasteiger partial charge in [0, 0.05) is 25.9 Å². The van der Waals surface area contributed by atoms with Crippen LogP contribution in [0.25, 0.3) is 0 Å². The standard InChI is InChI=1S/C19H26N2O3S/c1-14-12-18(20)16(3)19(15(14)2)25(22,23)21(10-11-24-4)13-17-8-6-5-7-9-17/h5-9,12H,10-11,13,20H2,1-4H3. The summed E-state index contributed by atoms with van der Waals surface area (Å²) in [5.41, 5.74) is 9.66. The SMILES string of the molecule is COCCN(Cc1ccccc1)S(=O)(=O)c1c(C)c(C)cc(N)c1C. The van der Waals surface area contributed by atoms with Crippen LogP contribution < -0.4 is 5.73 Å². The molecule has 0 aromatic heterocycles. The topological polar surface area (TPSA) is 72.6 Å². The Labute approximate surface area is 150 Å². The fraction of sp³-hybridized carbons (Fsp3) is 0.368. The highest BCUT2D eigenvalue weighted by Gasteiger charge is 2.29. The molecule has 0 aliphatic rings. The molecular formula is C19H26N2O3S. The molecule has 0 saturated heterocycles. The van der Waals surface area contributed by atoms with E-state index in [1.165, 1.54) is 4.31 Å². The quantitative estimate of drug-likeness (QED) is 0.769. The van der Waals surface area contributed by atoms with Crippen molar-refractivity contribution in [2.75, 3.05) is 26.0 Å². The van der Waals surface area contributed by atoms with Crippen molar-refractivity contribution in [2.24, 2.45) is 0 Å². The number of nitrogens with two attached hydrogens (primary N) is 1. The predicted molar refractivity (Wildman–Crippen MR) is 101 cm³/mol. The average molecular weight is 362 g/mol. The Balaban J connectivity index is 2.52. The third-order valence-electron chi connectivity index (χ3n) is 4.42. The minimum absolute atomic E-state index is 0.278. The molecule has 0 heterocycles. The first-order valence-corrected chi connectivity index (χ1v) is 9.62. The van der Waals surface area contributed by atoms with Gasteiger partial charge >= 0.3 is 0 Å². The van der Waals surface area contributed by atoms with E-state index >= 15 is 0 Å². The Kier molecular flexibility index (Phi) is 6.21. The van der Waals surface area contributed by atoms with E-state index in [1.54, 1.807) is 14.0 Å². The van der Waals surface area contributed by atoms with Crippen LogP contribution in [-0.4, -0.2) is 33.0 Å². The summed E-state index contributed by atoms with van der Waals surface area (Å²) in [5.74, 6) is 0. The van der Waals surface area contributed by atoms with Crippen molar-refractivity contribution in [3.05, 3.63) is 58.7 Å². The second kappa shape index (κ2) is 7.99. The molecule has 0 atom stereocenters. The summed E-state index contributed by atoms with van der Waals surface area (Å²) in [6, 6.07) is 11.4. The van der Waals surface area contributed by atoms with Gasteiger partial charge in [-0.3, -0.25) is 0 Å². The van der Waals surface area contributed by atoms with Crippen LogP contribution in [0, 0.1) is 20.8 Å². The van der Waals surface area contributed by atoms with E-state index in [0.29, 0.717) is 29.3 Å². The first kappa shape index (κ1) is 19.4. The van der Waals surface area contributed by atoms with Crippen LogP contribution in [0.2, 0.25) is 0 Å². The van der Waals surface area contributed by atoms with Gasteiger partial charge in [-0.2, -0.15) is 4.31 Å². The van der Waals surface area contributed by atoms with Crippen molar-refractivity contribution >= 4 is 15.7 Å². The van der Waals surface area contributed by atoms with Crippen molar-refractivity contribution in [2.45, 2.75) is 32.2 Å². The van der Waals surface area contributed by atoms with Crippen molar-refractivity contribution in [3.8, 4) is 0 Å². The predicted octanol–water partition coefficient (Wildman–Crippen LogP) is 3.03. The summed E-state index contributed by atoms with van der Waals surface area (Å²) in [5, 5.41) is 0. The minimum atomic E-state index is -3.70. The van der Waals surface area contributed by atoms with Crippen molar-refractivity contribution in [3.63, 3.8) is 0 Å². The van der Waals surface area contributed by atoms with Crippen molar-refractivity contribution in [1.29, 1.82) is 0 Å². The van der Waals surface area contributed by atoms with Gasteiger partial charge in [0.2, 0.25) is 10.0 Å². The van der Waals surface area contributed by atoms with Gasteiger partial charge in [-0.05, 0) is 49.1 Å². The molecule has 25 heavy (non-hydrogen) atoms. The number of hydrogen-bond donors (Lipinski definition) is 1. The lowest BCUT2D eigenvalue weighted by Gasteiger charge is -2.25. The zero-order valence-electron chi connectivity index (χ0n) is 15.2. The van der Waals surface area contributed by atoms with Gasteiger partial charge in [-0.15, -0.1) is 0 Å². The lowest BCUT2D eigenvalue weighted by molar-refractivity contribution is 0.177. The van der Waals surface area contributed by atoms with Crippen LogP contribution in [0.4, 0.5) is 5.69 Å².